The van der Waals surface area contributed by atoms with Crippen LogP contribution in [0.3, 0.4) is 0 Å². The minimum Gasteiger partial charge on any atom is -0.444 e. The highest BCUT2D eigenvalue weighted by molar-refractivity contribution is 5.68. The quantitative estimate of drug-likeness (QED) is 0.225. The summed E-state index contributed by atoms with van der Waals surface area (Å²) in [5.41, 5.74) is -0.607. The first-order valence-electron chi connectivity index (χ1n) is 11.1. The van der Waals surface area contributed by atoms with Crippen molar-refractivity contribution in [1.29, 1.82) is 0 Å². The lowest BCUT2D eigenvalue weighted by atomic mass is 10.2. The summed E-state index contributed by atoms with van der Waals surface area (Å²) in [6.07, 6.45) is 0.572. The van der Waals surface area contributed by atoms with E-state index in [1.54, 1.807) is 39.5 Å². The Morgan fingerprint density at radius 2 is 1.19 bits per heavy atom. The van der Waals surface area contributed by atoms with Gasteiger partial charge in [-0.3, -0.25) is 0 Å². The Balaban J connectivity index is 4.87. The molecule has 0 saturated carbocycles. The average molecular weight is 447 g/mol. The molecule has 10 nitrogen and oxygen atoms in total. The van der Waals surface area contributed by atoms with Crippen molar-refractivity contribution in [1.82, 2.24) is 20.9 Å². The number of hydrogen-bond donors (Lipinski definition) is 3. The van der Waals surface area contributed by atoms with Crippen molar-refractivity contribution < 1.29 is 28.6 Å². The number of ether oxygens (including phenoxy) is 3. The summed E-state index contributed by atoms with van der Waals surface area (Å²) >= 11 is 0. The van der Waals surface area contributed by atoms with Gasteiger partial charge >= 0.3 is 18.3 Å². The molecule has 0 aromatic heterocycles. The summed E-state index contributed by atoms with van der Waals surface area (Å²) in [6.45, 7) is 14.3. The second-order valence-electron chi connectivity index (χ2n) is 8.24. The van der Waals surface area contributed by atoms with Crippen molar-refractivity contribution in [3.8, 4) is 0 Å². The molecular formula is C21H42N4O6. The predicted molar refractivity (Wildman–Crippen MR) is 119 cm³/mol. The van der Waals surface area contributed by atoms with Crippen molar-refractivity contribution in [2.45, 2.75) is 92.2 Å². The summed E-state index contributed by atoms with van der Waals surface area (Å²) in [5, 5.41) is 8.03. The Morgan fingerprint density at radius 3 is 1.58 bits per heavy atom. The van der Waals surface area contributed by atoms with E-state index in [4.69, 9.17) is 14.2 Å². The van der Waals surface area contributed by atoms with Gasteiger partial charge in [0.2, 0.25) is 0 Å². The smallest absolute Gasteiger partial charge is 0.408 e. The van der Waals surface area contributed by atoms with Gasteiger partial charge in [-0.1, -0.05) is 26.7 Å². The molecule has 0 bridgehead atoms. The van der Waals surface area contributed by atoms with E-state index in [0.29, 0.717) is 13.1 Å². The molecule has 0 rings (SSSR count). The monoisotopic (exact) mass is 446 g/mol. The van der Waals surface area contributed by atoms with E-state index >= 15 is 0 Å². The first-order valence-corrected chi connectivity index (χ1v) is 11.1. The van der Waals surface area contributed by atoms with Gasteiger partial charge in [-0.15, -0.1) is 0 Å². The van der Waals surface area contributed by atoms with Crippen LogP contribution in [0.5, 0.6) is 0 Å². The SMILES string of the molecule is CCCCNC(=O)OC(C)N(CCNC(=O)OC(C)(C)C)C(C)OC(=O)NCCCC. The fourth-order valence-corrected chi connectivity index (χ4v) is 2.52. The third-order valence-corrected chi connectivity index (χ3v) is 4.13. The van der Waals surface area contributed by atoms with Crippen LogP contribution in [-0.4, -0.2) is 67.4 Å². The van der Waals surface area contributed by atoms with E-state index in [-0.39, 0.29) is 13.1 Å². The number of rotatable bonds is 13. The zero-order chi connectivity index (χ0) is 23.9. The summed E-state index contributed by atoms with van der Waals surface area (Å²) < 4.78 is 16.1. The van der Waals surface area contributed by atoms with E-state index in [1.165, 1.54) is 0 Å². The zero-order valence-corrected chi connectivity index (χ0v) is 20.2. The fourth-order valence-electron chi connectivity index (χ4n) is 2.52. The van der Waals surface area contributed by atoms with Crippen LogP contribution in [0, 0.1) is 0 Å². The first-order chi connectivity index (χ1) is 14.5. The summed E-state index contributed by atoms with van der Waals surface area (Å²) in [5.74, 6) is 0. The molecule has 0 aromatic rings. The molecular weight excluding hydrogens is 404 g/mol. The number of carbonyl (C=O) groups is 3. The van der Waals surface area contributed by atoms with Gasteiger partial charge in [-0.05, 0) is 47.5 Å². The molecule has 10 heteroatoms. The van der Waals surface area contributed by atoms with Crippen molar-refractivity contribution in [3.05, 3.63) is 0 Å². The van der Waals surface area contributed by atoms with Crippen molar-refractivity contribution >= 4 is 18.3 Å². The number of alkyl carbamates (subject to hydrolysis) is 3. The number of carbonyl (C=O) groups excluding carboxylic acids is 3. The maximum atomic E-state index is 12.0. The number of hydrogen-bond acceptors (Lipinski definition) is 7. The lowest BCUT2D eigenvalue weighted by Crippen LogP contribution is -2.50. The minimum absolute atomic E-state index is 0.214. The molecule has 0 aliphatic rings. The van der Waals surface area contributed by atoms with Gasteiger partial charge in [0.05, 0.1) is 0 Å². The van der Waals surface area contributed by atoms with Gasteiger partial charge in [-0.2, -0.15) is 0 Å². The molecule has 0 fully saturated rings. The number of unbranched alkanes of at least 4 members (excludes halogenated alkanes) is 2. The fraction of sp³-hybridized carbons (Fsp3) is 0.857. The summed E-state index contributed by atoms with van der Waals surface area (Å²) in [6, 6.07) is 0. The molecule has 0 aliphatic heterocycles. The number of nitrogens with one attached hydrogen (secondary N) is 3. The molecule has 182 valence electrons. The summed E-state index contributed by atoms with van der Waals surface area (Å²) in [4.78, 5) is 37.6. The molecule has 2 atom stereocenters. The van der Waals surface area contributed by atoms with Crippen molar-refractivity contribution in [2.75, 3.05) is 26.2 Å². The van der Waals surface area contributed by atoms with Crippen LogP contribution < -0.4 is 16.0 Å². The predicted octanol–water partition coefficient (Wildman–Crippen LogP) is 3.56. The lowest BCUT2D eigenvalue weighted by molar-refractivity contribution is -0.0908. The molecule has 0 saturated heterocycles. The Morgan fingerprint density at radius 1 is 0.774 bits per heavy atom. The van der Waals surface area contributed by atoms with E-state index in [0.717, 1.165) is 25.7 Å². The highest BCUT2D eigenvalue weighted by Crippen LogP contribution is 2.10. The summed E-state index contributed by atoms with van der Waals surface area (Å²) in [7, 11) is 0. The molecule has 0 aromatic carbocycles. The van der Waals surface area contributed by atoms with E-state index in [9.17, 15) is 14.4 Å². The van der Waals surface area contributed by atoms with Crippen LogP contribution in [0.2, 0.25) is 0 Å². The van der Waals surface area contributed by atoms with Gasteiger partial charge in [0, 0.05) is 26.2 Å². The second-order valence-corrected chi connectivity index (χ2v) is 8.24. The highest BCUT2D eigenvalue weighted by atomic mass is 16.6. The zero-order valence-electron chi connectivity index (χ0n) is 20.2. The Hall–Kier alpha value is -2.23. The van der Waals surface area contributed by atoms with Crippen LogP contribution in [-0.2, 0) is 14.2 Å². The van der Waals surface area contributed by atoms with Crippen LogP contribution in [0.1, 0.15) is 74.1 Å². The molecule has 31 heavy (non-hydrogen) atoms. The molecule has 0 spiro atoms. The Bertz CT molecular complexity index is 508. The van der Waals surface area contributed by atoms with Gasteiger partial charge < -0.3 is 30.2 Å². The van der Waals surface area contributed by atoms with Crippen LogP contribution in [0.25, 0.3) is 0 Å². The maximum Gasteiger partial charge on any atom is 0.408 e. The highest BCUT2D eigenvalue weighted by Gasteiger charge is 2.26. The second kappa shape index (κ2) is 15.6. The van der Waals surface area contributed by atoms with Gasteiger partial charge in [0.1, 0.15) is 5.60 Å². The van der Waals surface area contributed by atoms with Crippen molar-refractivity contribution in [2.24, 2.45) is 0 Å². The minimum atomic E-state index is -0.694. The molecule has 3 amide bonds. The molecule has 3 N–H and O–H groups in total. The van der Waals surface area contributed by atoms with Crippen LogP contribution in [0.15, 0.2) is 0 Å². The van der Waals surface area contributed by atoms with Gasteiger partial charge in [0.25, 0.3) is 0 Å². The van der Waals surface area contributed by atoms with E-state index < -0.39 is 36.3 Å². The van der Waals surface area contributed by atoms with Crippen molar-refractivity contribution in [3.63, 3.8) is 0 Å². The number of nitrogens with zero attached hydrogens (tertiary/aromatic N) is 1. The molecule has 2 unspecified atom stereocenters. The molecule has 0 radical (unpaired) electrons. The van der Waals surface area contributed by atoms with E-state index in [2.05, 4.69) is 16.0 Å². The maximum absolute atomic E-state index is 12.0. The molecule has 0 heterocycles. The molecule has 0 aliphatic carbocycles. The third kappa shape index (κ3) is 15.3. The third-order valence-electron chi connectivity index (χ3n) is 4.13. The van der Waals surface area contributed by atoms with Gasteiger partial charge in [-0.25, -0.2) is 19.3 Å². The topological polar surface area (TPSA) is 118 Å². The first kappa shape index (κ1) is 28.8. The number of amides is 3. The van der Waals surface area contributed by atoms with E-state index in [1.807, 2.05) is 13.8 Å². The standard InChI is InChI=1S/C21H42N4O6/c1-8-10-12-22-18(26)29-16(3)25(15-14-24-20(28)31-21(5,6)7)17(4)30-19(27)23-13-11-9-2/h16-17H,8-15H2,1-7H3,(H,22,26)(H,23,27)(H,24,28). The van der Waals surface area contributed by atoms with Gasteiger partial charge in [0.15, 0.2) is 12.5 Å². The Labute approximate surface area is 186 Å². The average Bonchev–Trinajstić information content (AvgIpc) is 2.63. The Kier molecular flexibility index (Phi) is 14.4. The lowest BCUT2D eigenvalue weighted by Gasteiger charge is -2.33. The van der Waals surface area contributed by atoms with Crippen LogP contribution >= 0.6 is 0 Å². The normalized spacial score (nSPS) is 13.2. The van der Waals surface area contributed by atoms with Crippen LogP contribution in [0.4, 0.5) is 14.4 Å². The largest absolute Gasteiger partial charge is 0.444 e.